The summed E-state index contributed by atoms with van der Waals surface area (Å²) in [5, 5.41) is 3.07. The number of H-pyrrole nitrogens is 1. The highest BCUT2D eigenvalue weighted by atomic mass is 32.1. The van der Waals surface area contributed by atoms with E-state index in [2.05, 4.69) is 25.2 Å². The number of ether oxygens (including phenoxy) is 2. The third kappa shape index (κ3) is 4.76. The Hall–Kier alpha value is -4.12. The van der Waals surface area contributed by atoms with Crippen LogP contribution in [0, 0.1) is 6.92 Å². The molecule has 0 atom stereocenters. The van der Waals surface area contributed by atoms with Crippen LogP contribution in [0.5, 0.6) is 17.4 Å². The number of aromatic nitrogens is 3. The van der Waals surface area contributed by atoms with Crippen molar-refractivity contribution in [3.63, 3.8) is 0 Å². The molecule has 0 spiro atoms. The van der Waals surface area contributed by atoms with Gasteiger partial charge in [-0.2, -0.15) is 0 Å². The molecule has 2 N–H and O–H groups in total. The van der Waals surface area contributed by atoms with Gasteiger partial charge < -0.3 is 29.6 Å². The Kier molecular flexibility index (Phi) is 6.36. The Morgan fingerprint density at radius 1 is 1.03 bits per heavy atom. The van der Waals surface area contributed by atoms with Gasteiger partial charge in [0, 0.05) is 43.5 Å². The van der Waals surface area contributed by atoms with Gasteiger partial charge in [0.2, 0.25) is 5.88 Å². The molecule has 6 rings (SSSR count). The van der Waals surface area contributed by atoms with Gasteiger partial charge in [0.05, 0.1) is 17.3 Å². The fourth-order valence-corrected chi connectivity index (χ4v) is 6.08. The van der Waals surface area contributed by atoms with Crippen molar-refractivity contribution in [2.45, 2.75) is 32.2 Å². The summed E-state index contributed by atoms with van der Waals surface area (Å²) in [5.74, 6) is 2.65. The van der Waals surface area contributed by atoms with E-state index in [1.54, 1.807) is 7.11 Å². The minimum atomic E-state index is -0.0876. The second-order valence-electron chi connectivity index (χ2n) is 9.56. The number of urea groups is 1. The minimum Gasteiger partial charge on any atom is -0.497 e. The first kappa shape index (κ1) is 24.2. The van der Waals surface area contributed by atoms with Gasteiger partial charge in [-0.3, -0.25) is 4.79 Å². The topological polar surface area (TPSA) is 113 Å². The average Bonchev–Trinajstić information content (AvgIpc) is 3.22. The summed E-state index contributed by atoms with van der Waals surface area (Å²) >= 11 is 1.16. The highest BCUT2D eigenvalue weighted by molar-refractivity contribution is 7.16. The zero-order valence-corrected chi connectivity index (χ0v) is 22.0. The van der Waals surface area contributed by atoms with E-state index in [0.717, 1.165) is 82.3 Å². The lowest BCUT2D eigenvalue weighted by Gasteiger charge is -2.38. The first-order valence-electron chi connectivity index (χ1n) is 12.6. The second-order valence-corrected chi connectivity index (χ2v) is 10.6. The van der Waals surface area contributed by atoms with Crippen LogP contribution in [0.25, 0.3) is 10.2 Å². The van der Waals surface area contributed by atoms with Crippen LogP contribution in [0.1, 0.15) is 24.0 Å². The molecule has 0 bridgehead atoms. The van der Waals surface area contributed by atoms with E-state index in [1.807, 2.05) is 48.2 Å². The lowest BCUT2D eigenvalue weighted by molar-refractivity contribution is 0.177. The molecule has 11 heteroatoms. The number of aromatic amines is 1. The number of methoxy groups -OCH3 is 1. The molecule has 2 aliphatic rings. The molecule has 2 amide bonds. The molecule has 0 aliphatic carbocycles. The Morgan fingerprint density at radius 2 is 1.87 bits per heavy atom. The summed E-state index contributed by atoms with van der Waals surface area (Å²) in [4.78, 5) is 40.4. The summed E-state index contributed by atoms with van der Waals surface area (Å²) in [7, 11) is 1.65. The molecule has 0 radical (unpaired) electrons. The molecule has 2 aliphatic heterocycles. The number of piperidine rings is 1. The van der Waals surface area contributed by atoms with Crippen LogP contribution >= 0.6 is 11.3 Å². The van der Waals surface area contributed by atoms with Gasteiger partial charge in [0.15, 0.2) is 0 Å². The zero-order chi connectivity index (χ0) is 26.2. The fourth-order valence-electron chi connectivity index (χ4n) is 5.24. The molecule has 4 heterocycles. The number of amides is 2. The number of fused-ring (bicyclic) bond motifs is 2. The van der Waals surface area contributed by atoms with E-state index < -0.39 is 0 Å². The first-order chi connectivity index (χ1) is 18.5. The van der Waals surface area contributed by atoms with E-state index in [-0.39, 0.29) is 16.9 Å². The molecule has 4 aromatic rings. The highest BCUT2D eigenvalue weighted by Crippen LogP contribution is 2.31. The largest absolute Gasteiger partial charge is 0.497 e. The van der Waals surface area contributed by atoms with Gasteiger partial charge in [0.1, 0.15) is 23.6 Å². The Balaban J connectivity index is 1.11. The van der Waals surface area contributed by atoms with Crippen molar-refractivity contribution < 1.29 is 14.3 Å². The van der Waals surface area contributed by atoms with Gasteiger partial charge in [-0.15, -0.1) is 0 Å². The van der Waals surface area contributed by atoms with Gasteiger partial charge in [-0.05, 0) is 61.6 Å². The maximum absolute atomic E-state index is 13.0. The quantitative estimate of drug-likeness (QED) is 0.388. The monoisotopic (exact) mass is 532 g/mol. The van der Waals surface area contributed by atoms with Crippen molar-refractivity contribution in [2.75, 3.05) is 37.0 Å². The van der Waals surface area contributed by atoms with Crippen molar-refractivity contribution in [1.82, 2.24) is 19.9 Å². The van der Waals surface area contributed by atoms with Crippen molar-refractivity contribution in [2.24, 2.45) is 0 Å². The molecular formula is C27H28N6O4S. The number of thiazole rings is 1. The van der Waals surface area contributed by atoms with Crippen molar-refractivity contribution in [3.8, 4) is 17.4 Å². The molecule has 2 aromatic carbocycles. The molecule has 38 heavy (non-hydrogen) atoms. The summed E-state index contributed by atoms with van der Waals surface area (Å²) < 4.78 is 12.2. The molecule has 1 saturated heterocycles. The molecule has 196 valence electrons. The predicted octanol–water partition coefficient (Wildman–Crippen LogP) is 4.55. The number of hydrogen-bond acceptors (Lipinski definition) is 8. The first-order valence-corrected chi connectivity index (χ1v) is 13.4. The predicted molar refractivity (Wildman–Crippen MR) is 147 cm³/mol. The molecule has 2 aromatic heterocycles. The van der Waals surface area contributed by atoms with Crippen LogP contribution in [0.4, 0.5) is 16.3 Å². The number of rotatable bonds is 5. The van der Waals surface area contributed by atoms with Crippen LogP contribution in [0.3, 0.4) is 0 Å². The van der Waals surface area contributed by atoms with E-state index in [1.165, 1.54) is 6.33 Å². The zero-order valence-electron chi connectivity index (χ0n) is 21.2. The molecular weight excluding hydrogens is 504 g/mol. The molecule has 1 fully saturated rings. The van der Waals surface area contributed by atoms with E-state index in [4.69, 9.17) is 9.47 Å². The third-order valence-corrected chi connectivity index (χ3v) is 8.05. The van der Waals surface area contributed by atoms with Crippen LogP contribution < -0.4 is 24.6 Å². The van der Waals surface area contributed by atoms with Crippen LogP contribution in [-0.2, 0) is 6.42 Å². The standard InChI is InChI=1S/C27H28N6O4S/c1-16-11-20(13-22-25(16)31-27(35)38-22)37-24-14-23(28-15-29-24)32-8-6-18(7-9-32)33-10-5-17-12-19(36-2)3-4-21(17)30-26(33)34/h3-4,11-15,18H,5-10H2,1-2H3,(H,30,34)(H,31,35). The van der Waals surface area contributed by atoms with E-state index in [9.17, 15) is 9.59 Å². The second kappa shape index (κ2) is 9.97. The van der Waals surface area contributed by atoms with Gasteiger partial charge in [-0.1, -0.05) is 11.3 Å². The SMILES string of the molecule is COc1ccc2c(c1)CCN(C1CCN(c3cc(Oc4cc(C)c5[nH]c(=O)sc5c4)ncn3)CC1)C(=O)N2. The summed E-state index contributed by atoms with van der Waals surface area (Å²) in [5.41, 5.74) is 3.71. The van der Waals surface area contributed by atoms with Crippen LogP contribution in [0.15, 0.2) is 47.5 Å². The minimum absolute atomic E-state index is 0.0511. The van der Waals surface area contributed by atoms with Crippen molar-refractivity contribution >= 4 is 39.1 Å². The van der Waals surface area contributed by atoms with E-state index in [0.29, 0.717) is 18.2 Å². The summed E-state index contributed by atoms with van der Waals surface area (Å²) in [6, 6.07) is 11.4. The number of hydrogen-bond donors (Lipinski definition) is 2. The number of nitrogens with one attached hydrogen (secondary N) is 2. The maximum atomic E-state index is 13.0. The Bertz CT molecular complexity index is 1560. The fraction of sp³-hybridized carbons (Fsp3) is 0.333. The Morgan fingerprint density at radius 3 is 2.68 bits per heavy atom. The molecule has 0 unspecified atom stereocenters. The lowest BCUT2D eigenvalue weighted by Crippen LogP contribution is -2.49. The summed E-state index contributed by atoms with van der Waals surface area (Å²) in [6.07, 6.45) is 3.97. The average molecular weight is 533 g/mol. The number of anilines is 2. The summed E-state index contributed by atoms with van der Waals surface area (Å²) in [6.45, 7) is 4.15. The van der Waals surface area contributed by atoms with Gasteiger partial charge in [-0.25, -0.2) is 14.8 Å². The van der Waals surface area contributed by atoms with Gasteiger partial charge >= 0.3 is 10.9 Å². The normalized spacial score (nSPS) is 16.2. The number of benzene rings is 2. The van der Waals surface area contributed by atoms with Crippen LogP contribution in [-0.4, -0.2) is 58.7 Å². The number of carbonyl (C=O) groups excluding carboxylic acids is 1. The lowest BCUT2D eigenvalue weighted by atomic mass is 10.0. The van der Waals surface area contributed by atoms with Crippen molar-refractivity contribution in [3.05, 3.63) is 63.5 Å². The number of nitrogens with zero attached hydrogens (tertiary/aromatic N) is 4. The van der Waals surface area contributed by atoms with Crippen molar-refractivity contribution in [1.29, 1.82) is 0 Å². The third-order valence-electron chi connectivity index (χ3n) is 7.22. The van der Waals surface area contributed by atoms with E-state index >= 15 is 0 Å². The smallest absolute Gasteiger partial charge is 0.322 e. The maximum Gasteiger partial charge on any atom is 0.322 e. The Labute approximate surface area is 223 Å². The molecule has 0 saturated carbocycles. The van der Waals surface area contributed by atoms with Crippen LogP contribution in [0.2, 0.25) is 0 Å². The number of carbonyl (C=O) groups is 1. The number of aryl methyl sites for hydroxylation is 1. The highest BCUT2D eigenvalue weighted by Gasteiger charge is 2.30. The molecule has 10 nitrogen and oxygen atoms in total. The van der Waals surface area contributed by atoms with Gasteiger partial charge in [0.25, 0.3) is 0 Å².